The van der Waals surface area contributed by atoms with Crippen molar-refractivity contribution in [2.75, 3.05) is 24.7 Å². The number of imidazole rings is 1. The smallest absolute Gasteiger partial charge is 0.227 e. The van der Waals surface area contributed by atoms with Crippen molar-refractivity contribution in [1.82, 2.24) is 14.3 Å². The number of carbonyl (C=O) groups is 1. The second-order valence-corrected chi connectivity index (χ2v) is 7.93. The van der Waals surface area contributed by atoms with Crippen LogP contribution in [0.5, 0.6) is 0 Å². The first-order valence-corrected chi connectivity index (χ1v) is 9.64. The molecule has 0 radical (unpaired) electrons. The maximum absolute atomic E-state index is 12.4. The largest absolute Gasteiger partial charge is 0.345 e. The molecule has 1 aromatic heterocycles. The number of amides is 1. The van der Waals surface area contributed by atoms with Gasteiger partial charge in [0.05, 0.1) is 6.26 Å². The number of rotatable bonds is 4. The molecule has 0 bridgehead atoms. The Morgan fingerprint density at radius 1 is 1.33 bits per heavy atom. The molecule has 1 saturated heterocycles. The van der Waals surface area contributed by atoms with E-state index in [0.29, 0.717) is 31.6 Å². The zero-order chi connectivity index (χ0) is 17.2. The fourth-order valence-corrected chi connectivity index (χ4v) is 3.74. The molecule has 0 spiro atoms. The van der Waals surface area contributed by atoms with Crippen LogP contribution in [0.1, 0.15) is 12.8 Å². The van der Waals surface area contributed by atoms with Gasteiger partial charge in [0.2, 0.25) is 15.9 Å². The quantitative estimate of drug-likeness (QED) is 0.879. The topological polar surface area (TPSA) is 95.2 Å². The number of hydrogen-bond acceptors (Lipinski definition) is 4. The van der Waals surface area contributed by atoms with Crippen LogP contribution in [-0.2, 0) is 14.8 Å². The van der Waals surface area contributed by atoms with Crippen LogP contribution in [-0.4, -0.2) is 47.9 Å². The number of aromatic nitrogens is 2. The number of piperidine rings is 1. The van der Waals surface area contributed by atoms with E-state index in [-0.39, 0.29) is 11.8 Å². The molecular formula is C16H20N4O3S. The van der Waals surface area contributed by atoms with Crippen LogP contribution in [0, 0.1) is 5.92 Å². The van der Waals surface area contributed by atoms with E-state index in [1.807, 2.05) is 24.3 Å². The third-order valence-corrected chi connectivity index (χ3v) is 5.50. The average Bonchev–Trinajstić information content (AvgIpc) is 3.09. The molecule has 24 heavy (non-hydrogen) atoms. The van der Waals surface area contributed by atoms with Gasteiger partial charge < -0.3 is 10.3 Å². The van der Waals surface area contributed by atoms with Crippen LogP contribution in [0.25, 0.3) is 11.4 Å². The lowest BCUT2D eigenvalue weighted by Crippen LogP contribution is -2.40. The van der Waals surface area contributed by atoms with Crippen molar-refractivity contribution in [1.29, 1.82) is 0 Å². The minimum atomic E-state index is -3.17. The molecule has 128 valence electrons. The monoisotopic (exact) mass is 348 g/mol. The molecule has 1 aliphatic rings. The molecule has 0 atom stereocenters. The van der Waals surface area contributed by atoms with E-state index in [1.54, 1.807) is 12.4 Å². The number of nitrogens with zero attached hydrogens (tertiary/aromatic N) is 2. The molecule has 2 heterocycles. The third-order valence-electron chi connectivity index (χ3n) is 4.20. The van der Waals surface area contributed by atoms with Crippen molar-refractivity contribution in [3.63, 3.8) is 0 Å². The highest BCUT2D eigenvalue weighted by Crippen LogP contribution is 2.23. The van der Waals surface area contributed by atoms with Gasteiger partial charge in [0, 0.05) is 42.7 Å². The Morgan fingerprint density at radius 3 is 2.71 bits per heavy atom. The van der Waals surface area contributed by atoms with Crippen LogP contribution in [0.4, 0.5) is 5.69 Å². The van der Waals surface area contributed by atoms with E-state index in [4.69, 9.17) is 0 Å². The fraction of sp³-hybridized carbons (Fsp3) is 0.375. The second kappa shape index (κ2) is 6.74. The summed E-state index contributed by atoms with van der Waals surface area (Å²) < 4.78 is 24.5. The van der Waals surface area contributed by atoms with E-state index < -0.39 is 10.0 Å². The van der Waals surface area contributed by atoms with Gasteiger partial charge in [-0.1, -0.05) is 12.1 Å². The first-order valence-electron chi connectivity index (χ1n) is 7.79. The average molecular weight is 348 g/mol. The Balaban J connectivity index is 1.63. The predicted molar refractivity (Wildman–Crippen MR) is 91.8 cm³/mol. The number of hydrogen-bond donors (Lipinski definition) is 2. The van der Waals surface area contributed by atoms with Crippen LogP contribution < -0.4 is 5.32 Å². The lowest BCUT2D eigenvalue weighted by Gasteiger charge is -2.29. The van der Waals surface area contributed by atoms with E-state index >= 15 is 0 Å². The Labute approximate surface area is 141 Å². The number of aromatic amines is 1. The van der Waals surface area contributed by atoms with Gasteiger partial charge in [-0.3, -0.25) is 4.79 Å². The summed E-state index contributed by atoms with van der Waals surface area (Å²) in [7, 11) is -3.17. The van der Waals surface area contributed by atoms with Crippen LogP contribution in [0.2, 0.25) is 0 Å². The number of nitrogens with one attached hydrogen (secondary N) is 2. The summed E-state index contributed by atoms with van der Waals surface area (Å²) in [4.78, 5) is 19.6. The zero-order valence-corrected chi connectivity index (χ0v) is 14.2. The number of H-pyrrole nitrogens is 1. The van der Waals surface area contributed by atoms with E-state index in [1.165, 1.54) is 10.6 Å². The van der Waals surface area contributed by atoms with Gasteiger partial charge in [-0.25, -0.2) is 17.7 Å². The van der Waals surface area contributed by atoms with Gasteiger partial charge >= 0.3 is 0 Å². The van der Waals surface area contributed by atoms with E-state index in [0.717, 1.165) is 11.4 Å². The number of benzene rings is 1. The Bertz CT molecular complexity index is 810. The minimum Gasteiger partial charge on any atom is -0.345 e. The summed E-state index contributed by atoms with van der Waals surface area (Å²) in [5, 5.41) is 2.92. The Hall–Kier alpha value is -2.19. The van der Waals surface area contributed by atoms with Crippen molar-refractivity contribution in [2.24, 2.45) is 5.92 Å². The van der Waals surface area contributed by atoms with Crippen molar-refractivity contribution in [3.8, 4) is 11.4 Å². The van der Waals surface area contributed by atoms with E-state index in [2.05, 4.69) is 15.3 Å². The SMILES string of the molecule is CS(=O)(=O)N1CCC(C(=O)Nc2cccc(-c3ncc[nH]3)c2)CC1. The van der Waals surface area contributed by atoms with Gasteiger partial charge in [-0.2, -0.15) is 0 Å². The van der Waals surface area contributed by atoms with Crippen molar-refractivity contribution in [2.45, 2.75) is 12.8 Å². The number of anilines is 1. The van der Waals surface area contributed by atoms with Crippen LogP contribution in [0.15, 0.2) is 36.7 Å². The van der Waals surface area contributed by atoms with Gasteiger partial charge in [0.15, 0.2) is 0 Å². The third kappa shape index (κ3) is 3.82. The summed E-state index contributed by atoms with van der Waals surface area (Å²) in [5.41, 5.74) is 1.60. The maximum atomic E-state index is 12.4. The summed E-state index contributed by atoms with van der Waals surface area (Å²) >= 11 is 0. The van der Waals surface area contributed by atoms with Crippen LogP contribution in [0.3, 0.4) is 0 Å². The predicted octanol–water partition coefficient (Wildman–Crippen LogP) is 1.69. The van der Waals surface area contributed by atoms with Crippen molar-refractivity contribution in [3.05, 3.63) is 36.7 Å². The molecule has 0 unspecified atom stereocenters. The van der Waals surface area contributed by atoms with Crippen LogP contribution >= 0.6 is 0 Å². The van der Waals surface area contributed by atoms with Gasteiger partial charge in [-0.05, 0) is 25.0 Å². The summed E-state index contributed by atoms with van der Waals surface area (Å²) in [6.07, 6.45) is 5.70. The van der Waals surface area contributed by atoms with Gasteiger partial charge in [-0.15, -0.1) is 0 Å². The zero-order valence-electron chi connectivity index (χ0n) is 13.4. The molecule has 0 saturated carbocycles. The number of sulfonamides is 1. The molecule has 8 heteroatoms. The normalized spacial score (nSPS) is 16.9. The molecule has 2 N–H and O–H groups in total. The van der Waals surface area contributed by atoms with Crippen molar-refractivity contribution < 1.29 is 13.2 Å². The summed E-state index contributed by atoms with van der Waals surface area (Å²) in [6, 6.07) is 7.47. The molecule has 3 rings (SSSR count). The lowest BCUT2D eigenvalue weighted by molar-refractivity contribution is -0.120. The minimum absolute atomic E-state index is 0.0697. The highest BCUT2D eigenvalue weighted by atomic mass is 32.2. The first-order chi connectivity index (χ1) is 11.4. The lowest BCUT2D eigenvalue weighted by atomic mass is 9.97. The standard InChI is InChI=1S/C16H20N4O3S/c1-24(22,23)20-9-5-12(6-10-20)16(21)19-14-4-2-3-13(11-14)15-17-7-8-18-15/h2-4,7-8,11-12H,5-6,9-10H2,1H3,(H,17,18)(H,19,21). The molecule has 0 aliphatic carbocycles. The van der Waals surface area contributed by atoms with Gasteiger partial charge in [0.1, 0.15) is 5.82 Å². The molecule has 1 aliphatic heterocycles. The highest BCUT2D eigenvalue weighted by molar-refractivity contribution is 7.88. The Kier molecular flexibility index (Phi) is 4.68. The van der Waals surface area contributed by atoms with E-state index in [9.17, 15) is 13.2 Å². The fourth-order valence-electron chi connectivity index (χ4n) is 2.86. The first kappa shape index (κ1) is 16.7. The second-order valence-electron chi connectivity index (χ2n) is 5.94. The summed E-state index contributed by atoms with van der Waals surface area (Å²) in [5.74, 6) is 0.502. The van der Waals surface area contributed by atoms with Crippen molar-refractivity contribution >= 4 is 21.6 Å². The highest BCUT2D eigenvalue weighted by Gasteiger charge is 2.28. The molecule has 1 fully saturated rings. The Morgan fingerprint density at radius 2 is 2.08 bits per heavy atom. The van der Waals surface area contributed by atoms with Gasteiger partial charge in [0.25, 0.3) is 0 Å². The number of carbonyl (C=O) groups excluding carboxylic acids is 1. The molecule has 1 aromatic carbocycles. The summed E-state index contributed by atoms with van der Waals surface area (Å²) in [6.45, 7) is 0.784. The molecule has 2 aromatic rings. The molecule has 7 nitrogen and oxygen atoms in total. The maximum Gasteiger partial charge on any atom is 0.227 e. The molecular weight excluding hydrogens is 328 g/mol. The molecule has 1 amide bonds.